The molecule has 0 bridgehead atoms. The monoisotopic (exact) mass is 426 g/mol. The third-order valence-electron chi connectivity index (χ3n) is 5.13. The highest BCUT2D eigenvalue weighted by molar-refractivity contribution is 5.93. The fourth-order valence-electron chi connectivity index (χ4n) is 3.65. The van der Waals surface area contributed by atoms with Gasteiger partial charge < -0.3 is 24.8 Å². The Kier molecular flexibility index (Phi) is 8.55. The summed E-state index contributed by atoms with van der Waals surface area (Å²) in [6, 6.07) is 14.4. The summed E-state index contributed by atoms with van der Waals surface area (Å²) in [6.07, 6.45) is 0.300. The second-order valence-electron chi connectivity index (χ2n) is 7.59. The van der Waals surface area contributed by atoms with Crippen LogP contribution in [0.1, 0.15) is 25.0 Å². The first-order valence-corrected chi connectivity index (χ1v) is 10.8. The molecule has 1 aliphatic heterocycles. The van der Waals surface area contributed by atoms with Gasteiger partial charge in [-0.15, -0.1) is 0 Å². The standard InChI is InChI=1S/C24H34N4O3/c1-5-30-22-10-9-21(14-23(22)29-4)27-24(25-3)26-15-19-7-6-8-20(13-19)17-28-11-12-31-18(2)16-28/h6-10,13-14,18H,5,11-12,15-17H2,1-4H3,(H2,25,26,27). The molecule has 1 heterocycles. The van der Waals surface area contributed by atoms with Crippen molar-refractivity contribution in [2.75, 3.05) is 45.8 Å². The number of hydrogen-bond acceptors (Lipinski definition) is 5. The summed E-state index contributed by atoms with van der Waals surface area (Å²) in [5.74, 6) is 2.11. The van der Waals surface area contributed by atoms with Gasteiger partial charge in [0.1, 0.15) is 0 Å². The third kappa shape index (κ3) is 6.87. The van der Waals surface area contributed by atoms with Crippen molar-refractivity contribution in [3.8, 4) is 11.5 Å². The van der Waals surface area contributed by atoms with E-state index in [1.165, 1.54) is 11.1 Å². The van der Waals surface area contributed by atoms with Crippen molar-refractivity contribution < 1.29 is 14.2 Å². The van der Waals surface area contributed by atoms with Crippen molar-refractivity contribution in [1.29, 1.82) is 0 Å². The van der Waals surface area contributed by atoms with Crippen molar-refractivity contribution in [1.82, 2.24) is 10.2 Å². The fourth-order valence-corrected chi connectivity index (χ4v) is 3.65. The Balaban J connectivity index is 1.57. The Morgan fingerprint density at radius 2 is 2.03 bits per heavy atom. The molecule has 0 aliphatic carbocycles. The topological polar surface area (TPSA) is 67.4 Å². The van der Waals surface area contributed by atoms with E-state index in [4.69, 9.17) is 14.2 Å². The Hall–Kier alpha value is -2.77. The molecule has 31 heavy (non-hydrogen) atoms. The molecule has 7 nitrogen and oxygen atoms in total. The zero-order chi connectivity index (χ0) is 22.1. The fraction of sp³-hybridized carbons (Fsp3) is 0.458. The quantitative estimate of drug-likeness (QED) is 0.497. The number of nitrogens with zero attached hydrogens (tertiary/aromatic N) is 2. The van der Waals surface area contributed by atoms with Crippen LogP contribution in [0.15, 0.2) is 47.5 Å². The van der Waals surface area contributed by atoms with Crippen molar-refractivity contribution in [2.45, 2.75) is 33.0 Å². The van der Waals surface area contributed by atoms with E-state index in [1.807, 2.05) is 25.1 Å². The summed E-state index contributed by atoms with van der Waals surface area (Å²) in [7, 11) is 3.40. The number of rotatable bonds is 8. The highest BCUT2D eigenvalue weighted by Crippen LogP contribution is 2.30. The molecule has 0 radical (unpaired) electrons. The van der Waals surface area contributed by atoms with Gasteiger partial charge in [-0.25, -0.2) is 0 Å². The normalized spacial score (nSPS) is 17.3. The number of benzene rings is 2. The molecule has 2 aromatic carbocycles. The number of nitrogens with one attached hydrogen (secondary N) is 2. The molecular weight excluding hydrogens is 392 g/mol. The number of ether oxygens (including phenoxy) is 3. The zero-order valence-electron chi connectivity index (χ0n) is 19.0. The number of morpholine rings is 1. The first-order chi connectivity index (χ1) is 15.1. The second kappa shape index (κ2) is 11.6. The molecule has 0 amide bonds. The Morgan fingerprint density at radius 3 is 2.77 bits per heavy atom. The van der Waals surface area contributed by atoms with Crippen LogP contribution in [0.4, 0.5) is 5.69 Å². The summed E-state index contributed by atoms with van der Waals surface area (Å²) in [5.41, 5.74) is 3.40. The summed E-state index contributed by atoms with van der Waals surface area (Å²) in [5, 5.41) is 6.69. The summed E-state index contributed by atoms with van der Waals surface area (Å²) in [6.45, 7) is 9.07. The summed E-state index contributed by atoms with van der Waals surface area (Å²) in [4.78, 5) is 6.78. The minimum Gasteiger partial charge on any atom is -0.493 e. The van der Waals surface area contributed by atoms with E-state index in [2.05, 4.69) is 51.7 Å². The minimum atomic E-state index is 0.300. The average Bonchev–Trinajstić information content (AvgIpc) is 2.78. The molecule has 2 aromatic rings. The van der Waals surface area contributed by atoms with E-state index in [0.29, 0.717) is 31.0 Å². The molecule has 3 rings (SSSR count). The molecule has 7 heteroatoms. The van der Waals surface area contributed by atoms with E-state index < -0.39 is 0 Å². The van der Waals surface area contributed by atoms with Gasteiger partial charge in [-0.05, 0) is 37.1 Å². The van der Waals surface area contributed by atoms with Crippen LogP contribution in [0.25, 0.3) is 0 Å². The molecule has 1 unspecified atom stereocenters. The van der Waals surface area contributed by atoms with Gasteiger partial charge in [0.05, 0.1) is 26.4 Å². The molecule has 0 spiro atoms. The first-order valence-electron chi connectivity index (χ1n) is 10.8. The van der Waals surface area contributed by atoms with Gasteiger partial charge in [0.2, 0.25) is 0 Å². The number of aliphatic imine (C=N–C) groups is 1. The highest BCUT2D eigenvalue weighted by atomic mass is 16.5. The smallest absolute Gasteiger partial charge is 0.195 e. The van der Waals surface area contributed by atoms with Crippen LogP contribution < -0.4 is 20.1 Å². The lowest BCUT2D eigenvalue weighted by Gasteiger charge is -2.31. The van der Waals surface area contributed by atoms with Gasteiger partial charge in [-0.3, -0.25) is 9.89 Å². The Bertz CT molecular complexity index is 872. The van der Waals surface area contributed by atoms with Crippen LogP contribution in [0.3, 0.4) is 0 Å². The van der Waals surface area contributed by atoms with Gasteiger partial charge in [0, 0.05) is 45.0 Å². The van der Waals surface area contributed by atoms with Crippen LogP contribution >= 0.6 is 0 Å². The van der Waals surface area contributed by atoms with Crippen LogP contribution in [0, 0.1) is 0 Å². The van der Waals surface area contributed by atoms with E-state index in [1.54, 1.807) is 14.2 Å². The molecule has 0 aromatic heterocycles. The SMILES string of the molecule is CCOc1ccc(NC(=NC)NCc2cccc(CN3CCOC(C)C3)c2)cc1OC. The molecule has 168 valence electrons. The van der Waals surface area contributed by atoms with Gasteiger partial charge in [0.15, 0.2) is 17.5 Å². The minimum absolute atomic E-state index is 0.300. The van der Waals surface area contributed by atoms with E-state index in [9.17, 15) is 0 Å². The maximum atomic E-state index is 5.64. The van der Waals surface area contributed by atoms with Crippen LogP contribution in [-0.2, 0) is 17.8 Å². The van der Waals surface area contributed by atoms with E-state index in [0.717, 1.165) is 37.7 Å². The maximum absolute atomic E-state index is 5.64. The zero-order valence-corrected chi connectivity index (χ0v) is 19.0. The number of guanidine groups is 1. The third-order valence-corrected chi connectivity index (χ3v) is 5.13. The number of methoxy groups -OCH3 is 1. The lowest BCUT2D eigenvalue weighted by Crippen LogP contribution is -2.40. The number of hydrogen-bond donors (Lipinski definition) is 2. The van der Waals surface area contributed by atoms with Crippen molar-refractivity contribution in [3.05, 3.63) is 53.6 Å². The second-order valence-corrected chi connectivity index (χ2v) is 7.59. The van der Waals surface area contributed by atoms with Crippen molar-refractivity contribution in [3.63, 3.8) is 0 Å². The first kappa shape index (κ1) is 22.9. The van der Waals surface area contributed by atoms with E-state index >= 15 is 0 Å². The molecule has 1 atom stereocenters. The van der Waals surface area contributed by atoms with Crippen LogP contribution in [0.5, 0.6) is 11.5 Å². The summed E-state index contributed by atoms with van der Waals surface area (Å²) >= 11 is 0. The van der Waals surface area contributed by atoms with Gasteiger partial charge in [0.25, 0.3) is 0 Å². The van der Waals surface area contributed by atoms with Crippen LogP contribution in [0.2, 0.25) is 0 Å². The molecular formula is C24H34N4O3. The highest BCUT2D eigenvalue weighted by Gasteiger charge is 2.16. The molecule has 1 fully saturated rings. The largest absolute Gasteiger partial charge is 0.493 e. The average molecular weight is 427 g/mol. The predicted octanol–water partition coefficient (Wildman–Crippen LogP) is 3.50. The van der Waals surface area contributed by atoms with E-state index in [-0.39, 0.29) is 0 Å². The van der Waals surface area contributed by atoms with Gasteiger partial charge in [-0.1, -0.05) is 24.3 Å². The maximum Gasteiger partial charge on any atom is 0.195 e. The van der Waals surface area contributed by atoms with Crippen molar-refractivity contribution >= 4 is 11.6 Å². The molecule has 2 N–H and O–H groups in total. The molecule has 1 saturated heterocycles. The molecule has 0 saturated carbocycles. The number of anilines is 1. The van der Waals surface area contributed by atoms with Crippen LogP contribution in [-0.4, -0.2) is 57.4 Å². The lowest BCUT2D eigenvalue weighted by molar-refractivity contribution is -0.0212. The lowest BCUT2D eigenvalue weighted by atomic mass is 10.1. The van der Waals surface area contributed by atoms with Crippen molar-refractivity contribution in [2.24, 2.45) is 4.99 Å². The summed E-state index contributed by atoms with van der Waals surface area (Å²) < 4.78 is 16.7. The Labute approximate surface area is 185 Å². The molecule has 1 aliphatic rings. The van der Waals surface area contributed by atoms with Gasteiger partial charge >= 0.3 is 0 Å². The van der Waals surface area contributed by atoms with Gasteiger partial charge in [-0.2, -0.15) is 0 Å². The predicted molar refractivity (Wildman–Crippen MR) is 125 cm³/mol. The Morgan fingerprint density at radius 1 is 1.19 bits per heavy atom.